The zero-order chi connectivity index (χ0) is 35.6. The van der Waals surface area contributed by atoms with E-state index in [1.54, 1.807) is 66.2 Å². The van der Waals surface area contributed by atoms with Crippen LogP contribution in [0.2, 0.25) is 0 Å². The monoisotopic (exact) mass is 680 g/mol. The summed E-state index contributed by atoms with van der Waals surface area (Å²) in [5.74, 6) is -0.434. The van der Waals surface area contributed by atoms with Crippen LogP contribution in [-0.2, 0) is 4.74 Å². The number of anilines is 2. The van der Waals surface area contributed by atoms with Gasteiger partial charge in [0.1, 0.15) is 5.75 Å². The second-order valence-electron chi connectivity index (χ2n) is 13.2. The molecule has 0 saturated carbocycles. The molecule has 264 valence electrons. The van der Waals surface area contributed by atoms with Crippen molar-refractivity contribution in [2.45, 2.75) is 58.3 Å². The van der Waals surface area contributed by atoms with Crippen LogP contribution in [0, 0.1) is 5.92 Å². The number of benzene rings is 4. The number of hydrogen-bond acceptors (Lipinski definition) is 6. The fourth-order valence-electron chi connectivity index (χ4n) is 6.15. The number of nitrogens with zero attached hydrogens (tertiary/aromatic N) is 2. The molecule has 4 amide bonds. The van der Waals surface area contributed by atoms with E-state index >= 15 is 0 Å². The lowest BCUT2D eigenvalue weighted by Crippen LogP contribution is -2.48. The van der Waals surface area contributed by atoms with Crippen molar-refractivity contribution in [3.05, 3.63) is 102 Å². The number of likely N-dealkylation sites (N-methyl/N-ethyl adjacent to an activating group) is 1. The van der Waals surface area contributed by atoms with Gasteiger partial charge in [0.25, 0.3) is 11.8 Å². The third-order valence-electron chi connectivity index (χ3n) is 9.18. The van der Waals surface area contributed by atoms with Gasteiger partial charge < -0.3 is 35.0 Å². The quantitative estimate of drug-likeness (QED) is 0.192. The van der Waals surface area contributed by atoms with Gasteiger partial charge in [0, 0.05) is 49.3 Å². The van der Waals surface area contributed by atoms with Crippen molar-refractivity contribution < 1.29 is 29.0 Å². The van der Waals surface area contributed by atoms with E-state index < -0.39 is 12.1 Å². The van der Waals surface area contributed by atoms with E-state index in [4.69, 9.17) is 9.47 Å². The molecule has 0 aromatic heterocycles. The Hall–Kier alpha value is -4.93. The number of aliphatic hydroxyl groups excluding tert-OH is 1. The maximum atomic E-state index is 14.4. The van der Waals surface area contributed by atoms with E-state index in [-0.39, 0.29) is 48.6 Å². The summed E-state index contributed by atoms with van der Waals surface area (Å²) >= 11 is 0. The van der Waals surface area contributed by atoms with Crippen molar-refractivity contribution in [1.82, 2.24) is 9.80 Å². The Balaban J connectivity index is 1.38. The first-order valence-electron chi connectivity index (χ1n) is 17.3. The van der Waals surface area contributed by atoms with E-state index in [9.17, 15) is 19.5 Å². The molecule has 1 aliphatic rings. The van der Waals surface area contributed by atoms with E-state index in [1.165, 1.54) is 0 Å². The van der Waals surface area contributed by atoms with Crippen LogP contribution in [-0.4, -0.2) is 84.4 Å². The predicted octanol–water partition coefficient (Wildman–Crippen LogP) is 7.05. The van der Waals surface area contributed by atoms with Gasteiger partial charge >= 0.3 is 6.03 Å². The summed E-state index contributed by atoms with van der Waals surface area (Å²) in [6.45, 7) is 6.53. The van der Waals surface area contributed by atoms with E-state index in [2.05, 4.69) is 10.6 Å². The van der Waals surface area contributed by atoms with Crippen molar-refractivity contribution in [1.29, 1.82) is 0 Å². The third-order valence-corrected chi connectivity index (χ3v) is 9.18. The smallest absolute Gasteiger partial charge is 0.321 e. The molecule has 0 unspecified atom stereocenters. The second-order valence-corrected chi connectivity index (χ2v) is 13.2. The molecule has 1 aliphatic heterocycles. The molecule has 4 aromatic rings. The molecule has 4 atom stereocenters. The first-order valence-corrected chi connectivity index (χ1v) is 17.3. The molecule has 3 N–H and O–H groups in total. The van der Waals surface area contributed by atoms with Crippen LogP contribution in [0.1, 0.15) is 60.7 Å². The summed E-state index contributed by atoms with van der Waals surface area (Å²) in [7, 11) is 1.74. The molecule has 0 radical (unpaired) electrons. The lowest BCUT2D eigenvalue weighted by molar-refractivity contribution is -0.0115. The van der Waals surface area contributed by atoms with E-state index in [0.29, 0.717) is 30.2 Å². The SMILES string of the molecule is C[C@@H]1CCCCO[C@H](CN(C)C(=O)Nc2cccc3ccccc23)[C@H](C)CN([C@@H](C)CO)C(=O)c2cc(NC(=O)c3ccccc3)ccc2O1. The average Bonchev–Trinajstić information content (AvgIpc) is 3.13. The molecule has 50 heavy (non-hydrogen) atoms. The van der Waals surface area contributed by atoms with Gasteiger partial charge in [0.05, 0.1) is 36.1 Å². The number of carbonyl (C=O) groups excluding carboxylic acids is 3. The fourth-order valence-corrected chi connectivity index (χ4v) is 6.15. The molecule has 0 spiro atoms. The van der Waals surface area contributed by atoms with Crippen molar-refractivity contribution >= 4 is 40.0 Å². The van der Waals surface area contributed by atoms with Crippen LogP contribution in [0.4, 0.5) is 16.2 Å². The van der Waals surface area contributed by atoms with Gasteiger partial charge in [-0.2, -0.15) is 0 Å². The molecular formula is C40H48N4O6. The molecule has 0 aliphatic carbocycles. The van der Waals surface area contributed by atoms with Gasteiger partial charge in [-0.1, -0.05) is 61.5 Å². The highest BCUT2D eigenvalue weighted by Gasteiger charge is 2.31. The van der Waals surface area contributed by atoms with Gasteiger partial charge in [-0.3, -0.25) is 9.59 Å². The van der Waals surface area contributed by atoms with Gasteiger partial charge in [-0.05, 0) is 74.9 Å². The number of amides is 4. The van der Waals surface area contributed by atoms with Crippen LogP contribution in [0.5, 0.6) is 5.75 Å². The number of hydrogen-bond donors (Lipinski definition) is 3. The van der Waals surface area contributed by atoms with E-state index in [1.807, 2.05) is 62.4 Å². The van der Waals surface area contributed by atoms with Gasteiger partial charge in [-0.15, -0.1) is 0 Å². The van der Waals surface area contributed by atoms with E-state index in [0.717, 1.165) is 35.7 Å². The maximum absolute atomic E-state index is 14.4. The minimum Gasteiger partial charge on any atom is -0.490 e. The van der Waals surface area contributed by atoms with Gasteiger partial charge in [-0.25, -0.2) is 4.79 Å². The summed E-state index contributed by atoms with van der Waals surface area (Å²) in [4.78, 5) is 44.1. The molecule has 10 nitrogen and oxygen atoms in total. The van der Waals surface area contributed by atoms with Crippen molar-refractivity contribution in [3.63, 3.8) is 0 Å². The van der Waals surface area contributed by atoms with Crippen LogP contribution in [0.3, 0.4) is 0 Å². The minimum absolute atomic E-state index is 0.184. The standard InChI is InChI=1S/C40H48N4O6/c1-27-24-44(28(2)26-45)39(47)34-23-32(41-38(46)31-15-6-5-7-16-31)20-21-36(34)50-29(3)13-10-11-22-49-37(27)25-43(4)40(48)42-35-19-12-17-30-14-8-9-18-33(30)35/h5-9,12,14-21,23,27-29,37,45H,10-11,13,22,24-26H2,1-4H3,(H,41,46)(H,42,48)/t27-,28+,29-,37-/m1/s1. The van der Waals surface area contributed by atoms with Crippen LogP contribution < -0.4 is 15.4 Å². The van der Waals surface area contributed by atoms with Crippen molar-refractivity contribution in [2.24, 2.45) is 5.92 Å². The van der Waals surface area contributed by atoms with Crippen molar-refractivity contribution in [2.75, 3.05) is 44.0 Å². The first-order chi connectivity index (χ1) is 24.1. The number of ether oxygens (including phenoxy) is 2. The van der Waals surface area contributed by atoms with Crippen molar-refractivity contribution in [3.8, 4) is 5.75 Å². The lowest BCUT2D eigenvalue weighted by atomic mass is 10.0. The third kappa shape index (κ3) is 9.19. The summed E-state index contributed by atoms with van der Waals surface area (Å²) in [6, 6.07) is 26.9. The average molecular weight is 681 g/mol. The van der Waals surface area contributed by atoms with Crippen LogP contribution in [0.15, 0.2) is 91.0 Å². The zero-order valence-electron chi connectivity index (χ0n) is 29.3. The largest absolute Gasteiger partial charge is 0.490 e. The van der Waals surface area contributed by atoms with Crippen LogP contribution in [0.25, 0.3) is 10.8 Å². The Kier molecular flexibility index (Phi) is 12.5. The molecule has 0 fully saturated rings. The summed E-state index contributed by atoms with van der Waals surface area (Å²) in [5.41, 5.74) is 1.96. The minimum atomic E-state index is -0.529. The second kappa shape index (κ2) is 17.1. The summed E-state index contributed by atoms with van der Waals surface area (Å²) in [6.07, 6.45) is 1.81. The molecule has 0 saturated heterocycles. The highest BCUT2D eigenvalue weighted by Crippen LogP contribution is 2.29. The highest BCUT2D eigenvalue weighted by atomic mass is 16.5. The lowest BCUT2D eigenvalue weighted by Gasteiger charge is -2.35. The number of fused-ring (bicyclic) bond motifs is 2. The Morgan fingerprint density at radius 1 is 0.960 bits per heavy atom. The molecule has 1 heterocycles. The Bertz CT molecular complexity index is 1760. The molecule has 10 heteroatoms. The maximum Gasteiger partial charge on any atom is 0.321 e. The zero-order valence-corrected chi connectivity index (χ0v) is 29.3. The number of rotatable bonds is 7. The Morgan fingerprint density at radius 2 is 1.70 bits per heavy atom. The summed E-state index contributed by atoms with van der Waals surface area (Å²) < 4.78 is 12.7. The van der Waals surface area contributed by atoms with Crippen LogP contribution >= 0.6 is 0 Å². The number of carbonyl (C=O) groups is 3. The van der Waals surface area contributed by atoms with Gasteiger partial charge in [0.2, 0.25) is 0 Å². The first kappa shape index (κ1) is 36.4. The van der Waals surface area contributed by atoms with Gasteiger partial charge in [0.15, 0.2) is 0 Å². The normalized spacial score (nSPS) is 19.4. The summed E-state index contributed by atoms with van der Waals surface area (Å²) in [5, 5.41) is 18.2. The predicted molar refractivity (Wildman–Crippen MR) is 197 cm³/mol. The number of nitrogens with one attached hydrogen (secondary N) is 2. The molecular weight excluding hydrogens is 632 g/mol. The number of urea groups is 1. The topological polar surface area (TPSA) is 120 Å². The fraction of sp³-hybridized carbons (Fsp3) is 0.375. The Labute approximate surface area is 294 Å². The Morgan fingerprint density at radius 3 is 2.48 bits per heavy atom. The molecule has 0 bridgehead atoms. The highest BCUT2D eigenvalue weighted by molar-refractivity contribution is 6.05. The molecule has 5 rings (SSSR count). The molecule has 4 aromatic carbocycles. The number of aliphatic hydroxyl groups is 1.